The largest absolute Gasteiger partial charge is 0.308 e. The summed E-state index contributed by atoms with van der Waals surface area (Å²) in [6.07, 6.45) is 7.29. The van der Waals surface area contributed by atoms with Crippen molar-refractivity contribution in [3.05, 3.63) is 27.9 Å². The lowest BCUT2D eigenvalue weighted by Crippen LogP contribution is -2.26. The lowest BCUT2D eigenvalue weighted by molar-refractivity contribution is 0.516. The van der Waals surface area contributed by atoms with Crippen LogP contribution in [0, 0.1) is 0 Å². The van der Waals surface area contributed by atoms with Gasteiger partial charge in [0.15, 0.2) is 0 Å². The number of thiazole rings is 1. The first kappa shape index (κ1) is 19.9. The molecular weight excluding hydrogens is 388 g/mol. The van der Waals surface area contributed by atoms with Gasteiger partial charge >= 0.3 is 4.87 Å². The molecular formula is C18H26N2O3S3. The molecule has 1 aliphatic rings. The smallest absolute Gasteiger partial charge is 0.299 e. The molecule has 0 aliphatic heterocycles. The molecule has 1 saturated carbocycles. The quantitative estimate of drug-likeness (QED) is 0.667. The van der Waals surface area contributed by atoms with Crippen molar-refractivity contribution in [1.82, 2.24) is 9.29 Å². The van der Waals surface area contributed by atoms with E-state index in [0.717, 1.165) is 33.7 Å². The number of fused-ring (bicyclic) bond motifs is 1. The molecule has 5 nitrogen and oxygen atoms in total. The molecule has 1 aromatic carbocycles. The van der Waals surface area contributed by atoms with Gasteiger partial charge in [0.25, 0.3) is 0 Å². The Balaban J connectivity index is 1.64. The second kappa shape index (κ2) is 8.91. The van der Waals surface area contributed by atoms with Gasteiger partial charge in [-0.1, -0.05) is 37.5 Å². The number of benzene rings is 1. The highest BCUT2D eigenvalue weighted by Crippen LogP contribution is 2.28. The SMILES string of the molecule is CCCn1c(=O)sc2cc(S(=O)(=O)NCCSC3CCCCC3)ccc21. The Morgan fingerprint density at radius 3 is 2.77 bits per heavy atom. The monoisotopic (exact) mass is 414 g/mol. The highest BCUT2D eigenvalue weighted by molar-refractivity contribution is 8.00. The van der Waals surface area contributed by atoms with Crippen LogP contribution in [-0.4, -0.2) is 30.5 Å². The molecule has 0 atom stereocenters. The van der Waals surface area contributed by atoms with Gasteiger partial charge < -0.3 is 0 Å². The molecule has 2 aromatic rings. The molecule has 1 N–H and O–H groups in total. The summed E-state index contributed by atoms with van der Waals surface area (Å²) in [5, 5.41) is 0.681. The number of nitrogens with one attached hydrogen (secondary N) is 1. The Hall–Kier alpha value is -0.830. The Morgan fingerprint density at radius 1 is 1.27 bits per heavy atom. The predicted molar refractivity (Wildman–Crippen MR) is 111 cm³/mol. The number of hydrogen-bond acceptors (Lipinski definition) is 5. The van der Waals surface area contributed by atoms with E-state index in [-0.39, 0.29) is 9.77 Å². The first-order valence-electron chi connectivity index (χ1n) is 9.26. The van der Waals surface area contributed by atoms with Crippen molar-refractivity contribution in [1.29, 1.82) is 0 Å². The average Bonchev–Trinajstić information content (AvgIpc) is 2.95. The minimum atomic E-state index is -3.54. The Bertz CT molecular complexity index is 896. The zero-order valence-electron chi connectivity index (χ0n) is 15.1. The van der Waals surface area contributed by atoms with Crippen LogP contribution in [0.3, 0.4) is 0 Å². The summed E-state index contributed by atoms with van der Waals surface area (Å²) in [4.78, 5) is 12.3. The third kappa shape index (κ3) is 4.71. The van der Waals surface area contributed by atoms with Gasteiger partial charge in [0, 0.05) is 24.1 Å². The fraction of sp³-hybridized carbons (Fsp3) is 0.611. The number of hydrogen-bond donors (Lipinski definition) is 1. The molecule has 0 amide bonds. The van der Waals surface area contributed by atoms with Crippen LogP contribution in [0.2, 0.25) is 0 Å². The van der Waals surface area contributed by atoms with Crippen LogP contribution in [0.5, 0.6) is 0 Å². The van der Waals surface area contributed by atoms with Crippen molar-refractivity contribution in [3.8, 4) is 0 Å². The predicted octanol–water partition coefficient (Wildman–Crippen LogP) is 3.82. The van der Waals surface area contributed by atoms with Gasteiger partial charge in [0.2, 0.25) is 10.0 Å². The van der Waals surface area contributed by atoms with Crippen LogP contribution in [0.25, 0.3) is 10.2 Å². The van der Waals surface area contributed by atoms with E-state index in [1.165, 1.54) is 32.1 Å². The first-order valence-corrected chi connectivity index (χ1v) is 12.6. The highest BCUT2D eigenvalue weighted by Gasteiger charge is 2.17. The number of thioether (sulfide) groups is 1. The van der Waals surface area contributed by atoms with Gasteiger partial charge in [-0.15, -0.1) is 0 Å². The van der Waals surface area contributed by atoms with Crippen LogP contribution in [0.15, 0.2) is 27.9 Å². The van der Waals surface area contributed by atoms with Crippen LogP contribution in [0.4, 0.5) is 0 Å². The number of aryl methyl sites for hydroxylation is 1. The summed E-state index contributed by atoms with van der Waals surface area (Å²) in [5.41, 5.74) is 0.814. The van der Waals surface area contributed by atoms with Gasteiger partial charge in [-0.05, 0) is 37.5 Å². The van der Waals surface area contributed by atoms with E-state index in [1.54, 1.807) is 22.8 Å². The minimum absolute atomic E-state index is 0.0340. The maximum absolute atomic E-state index is 12.5. The third-order valence-electron chi connectivity index (χ3n) is 4.70. The van der Waals surface area contributed by atoms with Crippen molar-refractivity contribution in [2.24, 2.45) is 0 Å². The molecule has 0 saturated heterocycles. The number of aromatic nitrogens is 1. The zero-order valence-corrected chi connectivity index (χ0v) is 17.5. The summed E-state index contributed by atoms with van der Waals surface area (Å²) in [6.45, 7) is 3.11. The van der Waals surface area contributed by atoms with E-state index in [2.05, 4.69) is 4.72 Å². The molecule has 0 radical (unpaired) electrons. The topological polar surface area (TPSA) is 68.2 Å². The number of sulfonamides is 1. The maximum atomic E-state index is 12.5. The van der Waals surface area contributed by atoms with Gasteiger partial charge in [0.1, 0.15) is 0 Å². The normalized spacial score (nSPS) is 16.3. The van der Waals surface area contributed by atoms with Gasteiger partial charge in [-0.3, -0.25) is 9.36 Å². The summed E-state index contributed by atoms with van der Waals surface area (Å²) in [6, 6.07) is 4.95. The number of nitrogens with zero attached hydrogens (tertiary/aromatic N) is 1. The van der Waals surface area contributed by atoms with Crippen molar-refractivity contribution in [3.63, 3.8) is 0 Å². The molecule has 0 spiro atoms. The molecule has 3 rings (SSSR count). The minimum Gasteiger partial charge on any atom is -0.299 e. The van der Waals surface area contributed by atoms with Crippen molar-refractivity contribution >= 4 is 43.3 Å². The summed E-state index contributed by atoms with van der Waals surface area (Å²) < 4.78 is 30.2. The molecule has 1 fully saturated rings. The van der Waals surface area contributed by atoms with E-state index in [9.17, 15) is 13.2 Å². The summed E-state index contributed by atoms with van der Waals surface area (Å²) >= 11 is 2.98. The van der Waals surface area contributed by atoms with E-state index in [0.29, 0.717) is 18.3 Å². The molecule has 1 aliphatic carbocycles. The molecule has 26 heavy (non-hydrogen) atoms. The lowest BCUT2D eigenvalue weighted by Gasteiger charge is -2.20. The second-order valence-corrected chi connectivity index (χ2v) is 10.8. The van der Waals surface area contributed by atoms with Crippen LogP contribution in [-0.2, 0) is 16.6 Å². The highest BCUT2D eigenvalue weighted by atomic mass is 32.2. The van der Waals surface area contributed by atoms with Gasteiger partial charge in [-0.2, -0.15) is 11.8 Å². The summed E-state index contributed by atoms with van der Waals surface area (Å²) in [5.74, 6) is 0.798. The van der Waals surface area contributed by atoms with E-state index >= 15 is 0 Å². The lowest BCUT2D eigenvalue weighted by atomic mass is 10.0. The Labute approximate surface area is 163 Å². The van der Waals surface area contributed by atoms with Crippen molar-refractivity contribution in [2.45, 2.75) is 62.1 Å². The fourth-order valence-corrected chi connectivity index (χ4v) is 6.80. The van der Waals surface area contributed by atoms with Crippen molar-refractivity contribution < 1.29 is 8.42 Å². The van der Waals surface area contributed by atoms with Gasteiger partial charge in [-0.25, -0.2) is 13.1 Å². The number of rotatable bonds is 8. The fourth-order valence-electron chi connectivity index (χ4n) is 3.37. The molecule has 144 valence electrons. The van der Waals surface area contributed by atoms with Crippen molar-refractivity contribution in [2.75, 3.05) is 12.3 Å². The molecule has 8 heteroatoms. The van der Waals surface area contributed by atoms with Crippen LogP contribution < -0.4 is 9.60 Å². The Morgan fingerprint density at radius 2 is 2.04 bits per heavy atom. The third-order valence-corrected chi connectivity index (χ3v) is 8.48. The Kier molecular flexibility index (Phi) is 6.82. The van der Waals surface area contributed by atoms with Crippen LogP contribution in [0.1, 0.15) is 45.4 Å². The van der Waals surface area contributed by atoms with E-state index in [4.69, 9.17) is 0 Å². The first-order chi connectivity index (χ1) is 12.5. The standard InChI is InChI=1S/C18H26N2O3S3/c1-2-11-20-16-9-8-15(13-17(16)25-18(20)21)26(22,23)19-10-12-24-14-6-4-3-5-7-14/h8-9,13-14,19H,2-7,10-12H2,1H3. The molecule has 1 heterocycles. The van der Waals surface area contributed by atoms with Gasteiger partial charge in [0.05, 0.1) is 15.1 Å². The molecule has 0 unspecified atom stereocenters. The summed E-state index contributed by atoms with van der Waals surface area (Å²) in [7, 11) is -3.54. The van der Waals surface area contributed by atoms with E-state index in [1.807, 2.05) is 18.7 Å². The van der Waals surface area contributed by atoms with Crippen LogP contribution >= 0.6 is 23.1 Å². The molecule has 0 bridgehead atoms. The molecule has 1 aromatic heterocycles. The second-order valence-electron chi connectivity index (χ2n) is 6.68. The zero-order chi connectivity index (χ0) is 18.6. The van der Waals surface area contributed by atoms with E-state index < -0.39 is 10.0 Å². The average molecular weight is 415 g/mol. The maximum Gasteiger partial charge on any atom is 0.308 e.